The molecule has 0 saturated heterocycles. The average Bonchev–Trinajstić information content (AvgIpc) is 3.32. The van der Waals surface area contributed by atoms with Crippen LogP contribution in [0.25, 0.3) is 87.6 Å². The van der Waals surface area contributed by atoms with Gasteiger partial charge >= 0.3 is 0 Å². The van der Waals surface area contributed by atoms with E-state index in [1.54, 1.807) is 0 Å². The fraction of sp³-hybridized carbons (Fsp3) is 0. The molecular weight excluding hydrogens is 711 g/mol. The monoisotopic (exact) mass is 749 g/mol. The van der Waals surface area contributed by atoms with Crippen LogP contribution in [0.3, 0.4) is 0 Å². The summed E-state index contributed by atoms with van der Waals surface area (Å²) in [5.41, 5.74) is 13.1. The molecule has 0 saturated carbocycles. The molecule has 276 valence electrons. The summed E-state index contributed by atoms with van der Waals surface area (Å²) >= 11 is 0. The summed E-state index contributed by atoms with van der Waals surface area (Å²) in [4.78, 5) is 2.32. The first kappa shape index (κ1) is 34.5. The molecular formula is C58H39N. The van der Waals surface area contributed by atoms with E-state index in [0.717, 1.165) is 17.1 Å². The molecule has 0 aromatic heterocycles. The van der Waals surface area contributed by atoms with E-state index in [-0.39, 0.29) is 0 Å². The minimum atomic E-state index is 1.13. The van der Waals surface area contributed by atoms with Crippen molar-refractivity contribution >= 4 is 60.2 Å². The SMILES string of the molecule is c1ccc(-c2cc(-c3ccccc3)cc(-c3cc4c5ccccc5c(-c5ccc6cc(N(c7ccccc7)c7ccccc7)ccc6c5)cc4c4ccccc34)c2)cc1. The molecule has 0 heterocycles. The maximum atomic E-state index is 2.44. The van der Waals surface area contributed by atoms with Gasteiger partial charge in [-0.25, -0.2) is 0 Å². The van der Waals surface area contributed by atoms with Gasteiger partial charge in [0, 0.05) is 17.1 Å². The van der Waals surface area contributed by atoms with Crippen molar-refractivity contribution in [1.82, 2.24) is 0 Å². The van der Waals surface area contributed by atoms with E-state index in [1.165, 1.54) is 87.6 Å². The van der Waals surface area contributed by atoms with Crippen molar-refractivity contribution < 1.29 is 0 Å². The van der Waals surface area contributed by atoms with E-state index < -0.39 is 0 Å². The molecule has 0 N–H and O–H groups in total. The Labute approximate surface area is 344 Å². The molecule has 0 unspecified atom stereocenters. The van der Waals surface area contributed by atoms with E-state index in [9.17, 15) is 0 Å². The number of para-hydroxylation sites is 2. The Morgan fingerprint density at radius 3 is 1.14 bits per heavy atom. The molecule has 0 fully saturated rings. The molecule has 0 radical (unpaired) electrons. The first-order chi connectivity index (χ1) is 29.2. The number of rotatable bonds is 7. The van der Waals surface area contributed by atoms with Gasteiger partial charge in [-0.2, -0.15) is 0 Å². The molecule has 1 heteroatoms. The molecule has 11 rings (SSSR count). The lowest BCUT2D eigenvalue weighted by Crippen LogP contribution is -2.09. The molecule has 0 aliphatic heterocycles. The van der Waals surface area contributed by atoms with Gasteiger partial charge in [-0.15, -0.1) is 0 Å². The third kappa shape index (κ3) is 6.30. The van der Waals surface area contributed by atoms with Crippen LogP contribution in [0.5, 0.6) is 0 Å². The topological polar surface area (TPSA) is 3.24 Å². The van der Waals surface area contributed by atoms with Gasteiger partial charge in [0.15, 0.2) is 0 Å². The highest BCUT2D eigenvalue weighted by Crippen LogP contribution is 2.44. The van der Waals surface area contributed by atoms with Crippen molar-refractivity contribution in [2.45, 2.75) is 0 Å². The van der Waals surface area contributed by atoms with Crippen LogP contribution in [-0.4, -0.2) is 0 Å². The van der Waals surface area contributed by atoms with Crippen molar-refractivity contribution in [3.05, 3.63) is 237 Å². The molecule has 0 aliphatic rings. The third-order valence-corrected chi connectivity index (χ3v) is 11.8. The lowest BCUT2D eigenvalue weighted by atomic mass is 9.86. The zero-order valence-corrected chi connectivity index (χ0v) is 32.5. The predicted molar refractivity (Wildman–Crippen MR) is 253 cm³/mol. The number of anilines is 3. The van der Waals surface area contributed by atoms with Gasteiger partial charge in [-0.3, -0.25) is 0 Å². The zero-order chi connectivity index (χ0) is 39.1. The molecule has 11 aromatic carbocycles. The lowest BCUT2D eigenvalue weighted by Gasteiger charge is -2.25. The van der Waals surface area contributed by atoms with Crippen molar-refractivity contribution in [3.63, 3.8) is 0 Å². The van der Waals surface area contributed by atoms with Crippen LogP contribution in [0, 0.1) is 0 Å². The normalized spacial score (nSPS) is 11.4. The van der Waals surface area contributed by atoms with Gasteiger partial charge in [0.1, 0.15) is 0 Å². The van der Waals surface area contributed by atoms with Crippen molar-refractivity contribution in [2.24, 2.45) is 0 Å². The standard InChI is InChI=1S/C58H39N/c1-5-17-40(18-6-1)45-34-46(41-19-7-2-8-20-41)36-47(35-45)56-39-58-53-27-15-13-25-51(53)55(38-57(58)54-28-16-14-26-52(54)56)44-30-29-43-37-50(32-31-42(43)33-44)59(48-21-9-3-10-22-48)49-23-11-4-12-24-49/h1-39H. The van der Waals surface area contributed by atoms with Crippen LogP contribution in [0.2, 0.25) is 0 Å². The summed E-state index contributed by atoms with van der Waals surface area (Å²) in [6.45, 7) is 0. The molecule has 0 aliphatic carbocycles. The first-order valence-electron chi connectivity index (χ1n) is 20.3. The third-order valence-electron chi connectivity index (χ3n) is 11.8. The Balaban J connectivity index is 1.08. The summed E-state index contributed by atoms with van der Waals surface area (Å²) < 4.78 is 0. The molecule has 0 atom stereocenters. The van der Waals surface area contributed by atoms with Gasteiger partial charge in [-0.1, -0.05) is 164 Å². The second-order valence-electron chi connectivity index (χ2n) is 15.3. The fourth-order valence-electron chi connectivity index (χ4n) is 8.95. The van der Waals surface area contributed by atoms with Gasteiger partial charge in [0.2, 0.25) is 0 Å². The highest BCUT2D eigenvalue weighted by Gasteiger charge is 2.17. The Hall–Kier alpha value is -7.74. The number of nitrogens with zero attached hydrogens (tertiary/aromatic N) is 1. The number of fused-ring (bicyclic) bond motifs is 6. The Kier molecular flexibility index (Phi) is 8.56. The summed E-state index contributed by atoms with van der Waals surface area (Å²) in [5.74, 6) is 0. The summed E-state index contributed by atoms with van der Waals surface area (Å²) in [5, 5.41) is 9.95. The first-order valence-corrected chi connectivity index (χ1v) is 20.3. The second-order valence-corrected chi connectivity index (χ2v) is 15.3. The minimum Gasteiger partial charge on any atom is -0.310 e. The number of hydrogen-bond donors (Lipinski definition) is 0. The number of hydrogen-bond acceptors (Lipinski definition) is 1. The molecule has 11 aromatic rings. The van der Waals surface area contributed by atoms with E-state index in [4.69, 9.17) is 0 Å². The van der Waals surface area contributed by atoms with Crippen LogP contribution in [-0.2, 0) is 0 Å². The van der Waals surface area contributed by atoms with E-state index in [0.29, 0.717) is 0 Å². The maximum absolute atomic E-state index is 2.44. The average molecular weight is 750 g/mol. The van der Waals surface area contributed by atoms with Gasteiger partial charge < -0.3 is 4.90 Å². The quantitative estimate of drug-likeness (QED) is 0.147. The van der Waals surface area contributed by atoms with Crippen LogP contribution in [0.4, 0.5) is 17.1 Å². The second kappa shape index (κ2) is 14.6. The van der Waals surface area contributed by atoms with Crippen molar-refractivity contribution in [3.8, 4) is 44.5 Å². The van der Waals surface area contributed by atoms with Crippen molar-refractivity contribution in [1.29, 1.82) is 0 Å². The highest BCUT2D eigenvalue weighted by molar-refractivity contribution is 6.24. The zero-order valence-electron chi connectivity index (χ0n) is 32.5. The summed E-state index contributed by atoms with van der Waals surface area (Å²) in [6, 6.07) is 86.3. The molecule has 1 nitrogen and oxygen atoms in total. The van der Waals surface area contributed by atoms with Gasteiger partial charge in [0.05, 0.1) is 0 Å². The minimum absolute atomic E-state index is 1.13. The van der Waals surface area contributed by atoms with E-state index in [1.807, 2.05) is 0 Å². The van der Waals surface area contributed by atoms with E-state index >= 15 is 0 Å². The van der Waals surface area contributed by atoms with Gasteiger partial charge in [-0.05, 0) is 160 Å². The molecule has 0 spiro atoms. The smallest absolute Gasteiger partial charge is 0.0468 e. The predicted octanol–water partition coefficient (Wildman–Crippen LogP) is 16.4. The molecule has 59 heavy (non-hydrogen) atoms. The van der Waals surface area contributed by atoms with Crippen molar-refractivity contribution in [2.75, 3.05) is 4.90 Å². The fourth-order valence-corrected chi connectivity index (χ4v) is 8.95. The molecule has 0 bridgehead atoms. The van der Waals surface area contributed by atoms with E-state index in [2.05, 4.69) is 241 Å². The van der Waals surface area contributed by atoms with Crippen LogP contribution in [0.1, 0.15) is 0 Å². The maximum Gasteiger partial charge on any atom is 0.0468 e. The highest BCUT2D eigenvalue weighted by atomic mass is 15.1. The Morgan fingerprint density at radius 2 is 0.610 bits per heavy atom. The number of benzene rings is 11. The Morgan fingerprint density at radius 1 is 0.203 bits per heavy atom. The van der Waals surface area contributed by atoms with Crippen LogP contribution < -0.4 is 4.90 Å². The summed E-state index contributed by atoms with van der Waals surface area (Å²) in [6.07, 6.45) is 0. The van der Waals surface area contributed by atoms with Gasteiger partial charge in [0.25, 0.3) is 0 Å². The van der Waals surface area contributed by atoms with Crippen LogP contribution in [0.15, 0.2) is 237 Å². The summed E-state index contributed by atoms with van der Waals surface area (Å²) in [7, 11) is 0. The Bertz CT molecular complexity index is 3200. The molecule has 0 amide bonds. The van der Waals surface area contributed by atoms with Crippen LogP contribution >= 0.6 is 0 Å². The largest absolute Gasteiger partial charge is 0.310 e. The lowest BCUT2D eigenvalue weighted by molar-refractivity contribution is 1.29.